The summed E-state index contributed by atoms with van der Waals surface area (Å²) in [6.07, 6.45) is 3.82. The second-order valence-corrected chi connectivity index (χ2v) is 4.31. The lowest BCUT2D eigenvalue weighted by Crippen LogP contribution is -1.76. The summed E-state index contributed by atoms with van der Waals surface area (Å²) in [6, 6.07) is 12.6. The van der Waals surface area contributed by atoms with Crippen LogP contribution < -0.4 is 0 Å². The van der Waals surface area contributed by atoms with E-state index in [1.54, 1.807) is 11.8 Å². The summed E-state index contributed by atoms with van der Waals surface area (Å²) in [7, 11) is 0. The van der Waals surface area contributed by atoms with Crippen LogP contribution in [0, 0.1) is 0 Å². The Hall–Kier alpha value is -1.54. The maximum absolute atomic E-state index is 4.48. The van der Waals surface area contributed by atoms with E-state index in [-0.39, 0.29) is 0 Å². The van der Waals surface area contributed by atoms with Crippen LogP contribution in [0.25, 0.3) is 10.8 Å². The Bertz CT molecular complexity index is 570. The minimum absolute atomic E-state index is 1.09. The molecule has 1 aliphatic heterocycles. The molecular formula is C13H9NS. The molecule has 1 heterocycles. The van der Waals surface area contributed by atoms with Crippen molar-refractivity contribution < 1.29 is 0 Å². The number of aliphatic imine (C=N–C) groups is 1. The molecule has 0 radical (unpaired) electrons. The van der Waals surface area contributed by atoms with Crippen molar-refractivity contribution in [3.63, 3.8) is 0 Å². The van der Waals surface area contributed by atoms with Crippen LogP contribution in [-0.2, 0) is 0 Å². The van der Waals surface area contributed by atoms with Crippen molar-refractivity contribution in [3.8, 4) is 0 Å². The van der Waals surface area contributed by atoms with Gasteiger partial charge in [0.05, 0.1) is 5.69 Å². The summed E-state index contributed by atoms with van der Waals surface area (Å²) in [5.74, 6) is 0. The quantitative estimate of drug-likeness (QED) is 0.637. The van der Waals surface area contributed by atoms with Gasteiger partial charge in [0.25, 0.3) is 0 Å². The van der Waals surface area contributed by atoms with Crippen LogP contribution >= 0.6 is 11.8 Å². The van der Waals surface area contributed by atoms with Crippen LogP contribution in [0.2, 0.25) is 0 Å². The molecule has 0 bridgehead atoms. The van der Waals surface area contributed by atoms with Crippen molar-refractivity contribution in [2.24, 2.45) is 4.99 Å². The van der Waals surface area contributed by atoms with E-state index >= 15 is 0 Å². The van der Waals surface area contributed by atoms with E-state index in [0.29, 0.717) is 0 Å². The number of hydrogen-bond donors (Lipinski definition) is 0. The van der Waals surface area contributed by atoms with Gasteiger partial charge in [0.2, 0.25) is 0 Å². The number of rotatable bonds is 0. The van der Waals surface area contributed by atoms with Gasteiger partial charge in [0.1, 0.15) is 0 Å². The highest BCUT2D eigenvalue weighted by atomic mass is 32.2. The van der Waals surface area contributed by atoms with Gasteiger partial charge in [-0.25, -0.2) is 0 Å². The Labute approximate surface area is 92.5 Å². The Morgan fingerprint density at radius 3 is 2.93 bits per heavy atom. The van der Waals surface area contributed by atoms with E-state index in [4.69, 9.17) is 0 Å². The highest BCUT2D eigenvalue weighted by Crippen LogP contribution is 2.37. The van der Waals surface area contributed by atoms with Crippen LogP contribution in [-0.4, -0.2) is 6.21 Å². The molecule has 0 amide bonds. The number of thioether (sulfide) groups is 1. The Morgan fingerprint density at radius 1 is 1.00 bits per heavy atom. The van der Waals surface area contributed by atoms with E-state index in [1.807, 2.05) is 12.3 Å². The predicted molar refractivity (Wildman–Crippen MR) is 67.1 cm³/mol. The largest absolute Gasteiger partial charge is 0.255 e. The topological polar surface area (TPSA) is 12.4 Å². The van der Waals surface area contributed by atoms with Crippen molar-refractivity contribution >= 4 is 34.4 Å². The molecule has 0 aromatic heterocycles. The van der Waals surface area contributed by atoms with Gasteiger partial charge in [-0.3, -0.25) is 4.99 Å². The molecule has 0 atom stereocenters. The number of benzene rings is 2. The number of hydrogen-bond acceptors (Lipinski definition) is 2. The summed E-state index contributed by atoms with van der Waals surface area (Å²) in [5.41, 5.74) is 1.09. The Balaban J connectivity index is 2.38. The number of fused-ring (bicyclic) bond motifs is 3. The molecule has 1 nitrogen and oxygen atoms in total. The summed E-state index contributed by atoms with van der Waals surface area (Å²) >= 11 is 1.72. The SMILES string of the molecule is C1=CSc2ccc3ccccc3c2N=C1. The summed E-state index contributed by atoms with van der Waals surface area (Å²) < 4.78 is 0. The van der Waals surface area contributed by atoms with Crippen molar-refractivity contribution in [2.45, 2.75) is 4.90 Å². The first kappa shape index (κ1) is 8.74. The maximum atomic E-state index is 4.48. The lowest BCUT2D eigenvalue weighted by Gasteiger charge is -2.05. The second kappa shape index (κ2) is 3.55. The summed E-state index contributed by atoms with van der Waals surface area (Å²) in [4.78, 5) is 5.70. The first-order chi connectivity index (χ1) is 7.45. The number of allylic oxidation sites excluding steroid dienone is 1. The smallest absolute Gasteiger partial charge is 0.0847 e. The molecule has 2 aromatic carbocycles. The standard InChI is InChI=1S/C13H9NS/c1-2-5-11-10(4-1)6-7-12-13(11)14-8-3-9-15-12/h1-9H. The third-order valence-corrected chi connectivity index (χ3v) is 3.30. The van der Waals surface area contributed by atoms with Crippen molar-refractivity contribution in [1.29, 1.82) is 0 Å². The van der Waals surface area contributed by atoms with Crippen molar-refractivity contribution in [1.82, 2.24) is 0 Å². The summed E-state index contributed by atoms with van der Waals surface area (Å²) in [5, 5.41) is 4.53. The molecule has 2 heteroatoms. The van der Waals surface area contributed by atoms with Gasteiger partial charge >= 0.3 is 0 Å². The van der Waals surface area contributed by atoms with Crippen molar-refractivity contribution in [3.05, 3.63) is 47.9 Å². The first-order valence-electron chi connectivity index (χ1n) is 4.83. The molecule has 2 aromatic rings. The van der Waals surface area contributed by atoms with Crippen molar-refractivity contribution in [2.75, 3.05) is 0 Å². The lowest BCUT2D eigenvalue weighted by atomic mass is 10.1. The normalized spacial score (nSPS) is 13.9. The molecule has 0 N–H and O–H groups in total. The average Bonchev–Trinajstić information content (AvgIpc) is 2.54. The van der Waals surface area contributed by atoms with Gasteiger partial charge in [-0.1, -0.05) is 42.1 Å². The predicted octanol–water partition coefficient (Wildman–Crippen LogP) is 4.16. The molecule has 1 aliphatic rings. The van der Waals surface area contributed by atoms with E-state index in [2.05, 4.69) is 46.8 Å². The lowest BCUT2D eigenvalue weighted by molar-refractivity contribution is 1.43. The molecule has 0 aliphatic carbocycles. The highest BCUT2D eigenvalue weighted by Gasteiger charge is 2.06. The fourth-order valence-corrected chi connectivity index (χ4v) is 2.45. The van der Waals surface area contributed by atoms with E-state index < -0.39 is 0 Å². The average molecular weight is 211 g/mol. The minimum atomic E-state index is 1.09. The molecule has 0 spiro atoms. The van der Waals surface area contributed by atoms with Gasteiger partial charge in [-0.05, 0) is 22.9 Å². The van der Waals surface area contributed by atoms with Gasteiger partial charge < -0.3 is 0 Å². The molecule has 0 unspecified atom stereocenters. The van der Waals surface area contributed by atoms with E-state index in [0.717, 1.165) is 5.69 Å². The zero-order valence-corrected chi connectivity index (χ0v) is 8.87. The van der Waals surface area contributed by atoms with E-state index in [1.165, 1.54) is 15.7 Å². The van der Waals surface area contributed by atoms with Crippen LogP contribution in [0.4, 0.5) is 5.69 Å². The Morgan fingerprint density at radius 2 is 1.93 bits per heavy atom. The molecule has 15 heavy (non-hydrogen) atoms. The zero-order valence-electron chi connectivity index (χ0n) is 8.05. The molecular weight excluding hydrogens is 202 g/mol. The van der Waals surface area contributed by atoms with Crippen LogP contribution in [0.1, 0.15) is 0 Å². The van der Waals surface area contributed by atoms with Crippen LogP contribution in [0.5, 0.6) is 0 Å². The minimum Gasteiger partial charge on any atom is -0.255 e. The fraction of sp³-hybridized carbons (Fsp3) is 0. The van der Waals surface area contributed by atoms with Gasteiger partial charge in [-0.15, -0.1) is 0 Å². The zero-order chi connectivity index (χ0) is 10.1. The molecule has 0 fully saturated rings. The highest BCUT2D eigenvalue weighted by molar-refractivity contribution is 8.02. The summed E-state index contributed by atoms with van der Waals surface area (Å²) in [6.45, 7) is 0. The van der Waals surface area contributed by atoms with Crippen LogP contribution in [0.15, 0.2) is 57.8 Å². The van der Waals surface area contributed by atoms with E-state index in [9.17, 15) is 0 Å². The third kappa shape index (κ3) is 1.47. The molecule has 0 saturated heterocycles. The Kier molecular flexibility index (Phi) is 2.07. The first-order valence-corrected chi connectivity index (χ1v) is 5.71. The number of nitrogens with zero attached hydrogens (tertiary/aromatic N) is 1. The van der Waals surface area contributed by atoms with Gasteiger partial charge in [-0.2, -0.15) is 0 Å². The second-order valence-electron chi connectivity index (χ2n) is 3.36. The molecule has 3 rings (SSSR count). The van der Waals surface area contributed by atoms with Gasteiger partial charge in [0.15, 0.2) is 0 Å². The molecule has 72 valence electrons. The molecule has 0 saturated carbocycles. The maximum Gasteiger partial charge on any atom is 0.0847 e. The van der Waals surface area contributed by atoms with Gasteiger partial charge in [0, 0.05) is 16.5 Å². The van der Waals surface area contributed by atoms with Crippen LogP contribution in [0.3, 0.4) is 0 Å². The fourth-order valence-electron chi connectivity index (χ4n) is 1.73. The monoisotopic (exact) mass is 211 g/mol. The third-order valence-electron chi connectivity index (χ3n) is 2.43.